The van der Waals surface area contributed by atoms with E-state index < -0.39 is 0 Å². The second-order valence-corrected chi connectivity index (χ2v) is 4.76. The Bertz CT molecular complexity index is 280. The number of rotatable bonds is 3. The molecule has 3 nitrogen and oxygen atoms in total. The molecular weight excluding hydrogens is 182 g/mol. The minimum absolute atomic E-state index is 0.801. The summed E-state index contributed by atoms with van der Waals surface area (Å²) in [6.45, 7) is 1.13. The van der Waals surface area contributed by atoms with Crippen LogP contribution >= 0.6 is 11.3 Å². The molecule has 2 N–H and O–H groups in total. The first kappa shape index (κ1) is 8.81. The summed E-state index contributed by atoms with van der Waals surface area (Å²) in [6, 6.07) is 0. The lowest BCUT2D eigenvalue weighted by Gasteiger charge is -2.29. The summed E-state index contributed by atoms with van der Waals surface area (Å²) in [6.07, 6.45) is 5.90. The van der Waals surface area contributed by atoms with Gasteiger partial charge in [-0.3, -0.25) is 0 Å². The Morgan fingerprint density at radius 3 is 2.92 bits per heavy atom. The molecule has 2 rings (SSSR count). The van der Waals surface area contributed by atoms with Crippen molar-refractivity contribution in [3.05, 3.63) is 6.20 Å². The topological polar surface area (TPSA) is 42.2 Å². The number of nitrogens with two attached hydrogens (primary N) is 1. The number of nitrogen functional groups attached to an aromatic ring is 1. The Kier molecular flexibility index (Phi) is 2.40. The molecule has 0 radical (unpaired) electrons. The first-order chi connectivity index (χ1) is 6.25. The molecule has 72 valence electrons. The lowest BCUT2D eigenvalue weighted by Crippen LogP contribution is -2.29. The van der Waals surface area contributed by atoms with Gasteiger partial charge in [-0.05, 0) is 18.8 Å². The summed E-state index contributed by atoms with van der Waals surface area (Å²) >= 11 is 1.56. The Morgan fingerprint density at radius 1 is 1.69 bits per heavy atom. The van der Waals surface area contributed by atoms with E-state index >= 15 is 0 Å². The predicted molar refractivity (Wildman–Crippen MR) is 57.1 cm³/mol. The highest BCUT2D eigenvalue weighted by atomic mass is 32.1. The summed E-state index contributed by atoms with van der Waals surface area (Å²) in [5, 5.41) is 1.85. The average molecular weight is 197 g/mol. The summed E-state index contributed by atoms with van der Waals surface area (Å²) in [5.41, 5.74) is 5.62. The molecule has 1 aromatic heterocycles. The van der Waals surface area contributed by atoms with Crippen molar-refractivity contribution in [1.82, 2.24) is 4.98 Å². The van der Waals surface area contributed by atoms with Gasteiger partial charge in [-0.15, -0.1) is 0 Å². The van der Waals surface area contributed by atoms with E-state index in [1.165, 1.54) is 19.3 Å². The molecule has 1 aliphatic rings. The highest BCUT2D eigenvalue weighted by molar-refractivity contribution is 7.19. The molecule has 1 aromatic rings. The second-order valence-electron chi connectivity index (χ2n) is 3.72. The Hall–Kier alpha value is -0.770. The first-order valence-electron chi connectivity index (χ1n) is 4.68. The number of aromatic nitrogens is 1. The van der Waals surface area contributed by atoms with Crippen molar-refractivity contribution in [3.63, 3.8) is 0 Å². The van der Waals surface area contributed by atoms with Crippen LogP contribution in [-0.4, -0.2) is 18.6 Å². The molecular formula is C9H15N3S. The zero-order chi connectivity index (χ0) is 9.26. The third-order valence-electron chi connectivity index (χ3n) is 2.59. The highest BCUT2D eigenvalue weighted by Crippen LogP contribution is 2.30. The maximum absolute atomic E-state index is 5.62. The van der Waals surface area contributed by atoms with E-state index in [0.29, 0.717) is 0 Å². The van der Waals surface area contributed by atoms with Crippen LogP contribution in [0.3, 0.4) is 0 Å². The van der Waals surface area contributed by atoms with Gasteiger partial charge in [-0.25, -0.2) is 4.98 Å². The predicted octanol–water partition coefficient (Wildman–Crippen LogP) is 1.96. The summed E-state index contributed by atoms with van der Waals surface area (Å²) < 4.78 is 0. The summed E-state index contributed by atoms with van der Waals surface area (Å²) in [4.78, 5) is 6.46. The Morgan fingerprint density at radius 2 is 2.46 bits per heavy atom. The van der Waals surface area contributed by atoms with Gasteiger partial charge in [-0.1, -0.05) is 17.8 Å². The third-order valence-corrected chi connectivity index (χ3v) is 3.54. The molecule has 0 unspecified atom stereocenters. The Balaban J connectivity index is 1.92. The number of hydrogen-bond acceptors (Lipinski definition) is 4. The van der Waals surface area contributed by atoms with Gasteiger partial charge in [0.15, 0.2) is 5.13 Å². The van der Waals surface area contributed by atoms with E-state index in [-0.39, 0.29) is 0 Å². The minimum atomic E-state index is 0.801. The van der Waals surface area contributed by atoms with Crippen LogP contribution in [-0.2, 0) is 0 Å². The Labute approximate surface area is 82.6 Å². The molecule has 0 spiro atoms. The van der Waals surface area contributed by atoms with Crippen LogP contribution in [0.25, 0.3) is 0 Å². The van der Waals surface area contributed by atoms with Crippen molar-refractivity contribution in [2.75, 3.05) is 24.2 Å². The maximum Gasteiger partial charge on any atom is 0.186 e. The molecule has 13 heavy (non-hydrogen) atoms. The van der Waals surface area contributed by atoms with Crippen LogP contribution in [0.5, 0.6) is 0 Å². The maximum atomic E-state index is 5.62. The SMILES string of the molecule is CN(CC1CCC1)c1ncc(N)s1. The fraction of sp³-hybridized carbons (Fsp3) is 0.667. The van der Waals surface area contributed by atoms with Crippen LogP contribution < -0.4 is 10.6 Å². The van der Waals surface area contributed by atoms with Crippen molar-refractivity contribution in [1.29, 1.82) is 0 Å². The quantitative estimate of drug-likeness (QED) is 0.805. The van der Waals surface area contributed by atoms with E-state index in [2.05, 4.69) is 16.9 Å². The van der Waals surface area contributed by atoms with Crippen LogP contribution in [0, 0.1) is 5.92 Å². The van der Waals surface area contributed by atoms with Crippen molar-refractivity contribution in [3.8, 4) is 0 Å². The molecule has 1 fully saturated rings. The van der Waals surface area contributed by atoms with Gasteiger partial charge in [0, 0.05) is 13.6 Å². The molecule has 0 saturated heterocycles. The van der Waals surface area contributed by atoms with Gasteiger partial charge in [0.05, 0.1) is 6.20 Å². The molecule has 1 saturated carbocycles. The number of anilines is 2. The van der Waals surface area contributed by atoms with E-state index in [1.807, 2.05) is 0 Å². The van der Waals surface area contributed by atoms with Gasteiger partial charge in [0.2, 0.25) is 0 Å². The molecule has 0 aliphatic heterocycles. The molecule has 0 bridgehead atoms. The van der Waals surface area contributed by atoms with Gasteiger partial charge < -0.3 is 10.6 Å². The minimum Gasteiger partial charge on any atom is -0.389 e. The van der Waals surface area contributed by atoms with Gasteiger partial charge in [0.25, 0.3) is 0 Å². The molecule has 4 heteroatoms. The fourth-order valence-corrected chi connectivity index (χ4v) is 2.25. The number of nitrogens with zero attached hydrogens (tertiary/aromatic N) is 2. The summed E-state index contributed by atoms with van der Waals surface area (Å²) in [7, 11) is 2.09. The lowest BCUT2D eigenvalue weighted by molar-refractivity contribution is 0.321. The molecule has 1 heterocycles. The van der Waals surface area contributed by atoms with Crippen molar-refractivity contribution in [2.45, 2.75) is 19.3 Å². The van der Waals surface area contributed by atoms with E-state index in [1.54, 1.807) is 17.5 Å². The standard InChI is InChI=1S/C9H15N3S/c1-12(6-7-3-2-4-7)9-11-5-8(10)13-9/h5,7H,2-4,6,10H2,1H3. The lowest BCUT2D eigenvalue weighted by atomic mass is 9.85. The van der Waals surface area contributed by atoms with Crippen LogP contribution in [0.1, 0.15) is 19.3 Å². The number of thiazole rings is 1. The van der Waals surface area contributed by atoms with Crippen LogP contribution in [0.2, 0.25) is 0 Å². The van der Waals surface area contributed by atoms with Gasteiger partial charge in [-0.2, -0.15) is 0 Å². The fourth-order valence-electron chi connectivity index (χ4n) is 1.59. The first-order valence-corrected chi connectivity index (χ1v) is 5.50. The number of hydrogen-bond donors (Lipinski definition) is 1. The second kappa shape index (κ2) is 3.54. The molecule has 0 aromatic carbocycles. The van der Waals surface area contributed by atoms with Crippen LogP contribution in [0.4, 0.5) is 10.1 Å². The molecule has 1 aliphatic carbocycles. The highest BCUT2D eigenvalue weighted by Gasteiger charge is 2.20. The van der Waals surface area contributed by atoms with E-state index in [0.717, 1.165) is 22.6 Å². The normalized spacial score (nSPS) is 17.0. The molecule has 0 amide bonds. The van der Waals surface area contributed by atoms with Crippen LogP contribution in [0.15, 0.2) is 6.20 Å². The third kappa shape index (κ3) is 1.94. The monoisotopic (exact) mass is 197 g/mol. The zero-order valence-electron chi connectivity index (χ0n) is 7.86. The van der Waals surface area contributed by atoms with E-state index in [4.69, 9.17) is 5.73 Å². The van der Waals surface area contributed by atoms with Crippen molar-refractivity contribution < 1.29 is 0 Å². The van der Waals surface area contributed by atoms with Crippen molar-refractivity contribution >= 4 is 21.5 Å². The average Bonchev–Trinajstić information content (AvgIpc) is 2.44. The smallest absolute Gasteiger partial charge is 0.186 e. The van der Waals surface area contributed by atoms with Gasteiger partial charge in [0.1, 0.15) is 5.00 Å². The largest absolute Gasteiger partial charge is 0.389 e. The summed E-state index contributed by atoms with van der Waals surface area (Å²) in [5.74, 6) is 0.884. The van der Waals surface area contributed by atoms with E-state index in [9.17, 15) is 0 Å². The van der Waals surface area contributed by atoms with Gasteiger partial charge >= 0.3 is 0 Å². The van der Waals surface area contributed by atoms with Crippen molar-refractivity contribution in [2.24, 2.45) is 5.92 Å². The zero-order valence-corrected chi connectivity index (χ0v) is 8.68. The molecule has 0 atom stereocenters.